The molecule has 3 aromatic rings. The van der Waals surface area contributed by atoms with E-state index < -0.39 is 22.7 Å². The molecule has 1 saturated heterocycles. The van der Waals surface area contributed by atoms with Crippen LogP contribution in [0, 0.1) is 0 Å². The van der Waals surface area contributed by atoms with E-state index in [-0.39, 0.29) is 29.3 Å². The summed E-state index contributed by atoms with van der Waals surface area (Å²) < 4.78 is 12.0. The Bertz CT molecular complexity index is 1400. The molecule has 1 aromatic carbocycles. The van der Waals surface area contributed by atoms with Crippen LogP contribution >= 0.6 is 0 Å². The minimum Gasteiger partial charge on any atom is -0.494 e. The first-order chi connectivity index (χ1) is 18.1. The average Bonchev–Trinajstić information content (AvgIpc) is 2.91. The van der Waals surface area contributed by atoms with Crippen molar-refractivity contribution < 1.29 is 19.4 Å². The van der Waals surface area contributed by atoms with Gasteiger partial charge < -0.3 is 45.7 Å². The fourth-order valence-electron chi connectivity index (χ4n) is 4.48. The maximum atomic E-state index is 13.0. The van der Waals surface area contributed by atoms with Crippen LogP contribution in [0.5, 0.6) is 5.75 Å². The average molecular weight is 527 g/mol. The molecule has 1 unspecified atom stereocenters. The first-order valence-corrected chi connectivity index (χ1v) is 12.3. The van der Waals surface area contributed by atoms with Gasteiger partial charge in [0.15, 0.2) is 11.4 Å². The molecule has 13 heteroatoms. The molecule has 0 aliphatic carbocycles. The number of rotatable bonds is 9. The number of aliphatic hydroxyl groups is 1. The summed E-state index contributed by atoms with van der Waals surface area (Å²) in [6.07, 6.45) is 1.28. The molecular formula is C25H34N8O5. The number of amides is 1. The summed E-state index contributed by atoms with van der Waals surface area (Å²) in [6.45, 7) is 8.24. The maximum Gasteiger partial charge on any atom is 0.256 e. The maximum absolute atomic E-state index is 13.0. The van der Waals surface area contributed by atoms with Crippen molar-refractivity contribution in [2.45, 2.75) is 26.2 Å². The lowest BCUT2D eigenvalue weighted by atomic mass is 10.1. The van der Waals surface area contributed by atoms with Crippen molar-refractivity contribution >= 4 is 40.1 Å². The van der Waals surface area contributed by atoms with E-state index in [4.69, 9.17) is 20.9 Å². The van der Waals surface area contributed by atoms with E-state index in [0.717, 1.165) is 38.4 Å². The van der Waals surface area contributed by atoms with Crippen molar-refractivity contribution in [3.63, 3.8) is 0 Å². The zero-order valence-corrected chi connectivity index (χ0v) is 22.0. The normalized spacial score (nSPS) is 15.9. The van der Waals surface area contributed by atoms with Gasteiger partial charge in [-0.2, -0.15) is 4.98 Å². The van der Waals surface area contributed by atoms with Gasteiger partial charge >= 0.3 is 0 Å². The molecule has 0 saturated carbocycles. The number of nitrogen functional groups attached to an aromatic ring is 1. The molecule has 3 heterocycles. The summed E-state index contributed by atoms with van der Waals surface area (Å²) in [4.78, 5) is 38.4. The van der Waals surface area contributed by atoms with Crippen molar-refractivity contribution in [1.29, 1.82) is 0 Å². The van der Waals surface area contributed by atoms with Gasteiger partial charge in [-0.3, -0.25) is 9.59 Å². The van der Waals surface area contributed by atoms with Crippen LogP contribution in [0.25, 0.3) is 11.0 Å². The number of primary amides is 1. The highest BCUT2D eigenvalue weighted by Crippen LogP contribution is 2.32. The Morgan fingerprint density at radius 1 is 1.24 bits per heavy atom. The molecule has 1 fully saturated rings. The summed E-state index contributed by atoms with van der Waals surface area (Å²) in [7, 11) is 2.90. The van der Waals surface area contributed by atoms with Crippen LogP contribution in [0.4, 0.5) is 23.1 Å². The van der Waals surface area contributed by atoms with Crippen LogP contribution in [-0.2, 0) is 11.3 Å². The lowest BCUT2D eigenvalue weighted by Gasteiger charge is -2.35. The highest BCUT2D eigenvalue weighted by Gasteiger charge is 2.27. The minimum absolute atomic E-state index is 0.0130. The molecular weight excluding hydrogens is 492 g/mol. The van der Waals surface area contributed by atoms with E-state index in [0.29, 0.717) is 11.4 Å². The Morgan fingerprint density at radius 2 is 1.95 bits per heavy atom. The molecule has 0 bridgehead atoms. The topological polar surface area (TPSA) is 174 Å². The number of piperazine rings is 1. The highest BCUT2D eigenvalue weighted by molar-refractivity contribution is 6.00. The zero-order valence-electron chi connectivity index (χ0n) is 22.0. The number of ether oxygens (including phenoxy) is 2. The van der Waals surface area contributed by atoms with E-state index in [1.165, 1.54) is 24.8 Å². The third-order valence-electron chi connectivity index (χ3n) is 6.80. The van der Waals surface area contributed by atoms with Crippen LogP contribution in [0.15, 0.2) is 29.2 Å². The van der Waals surface area contributed by atoms with Crippen molar-refractivity contribution in [3.8, 4) is 5.75 Å². The van der Waals surface area contributed by atoms with Gasteiger partial charge in [0.25, 0.3) is 5.91 Å². The van der Waals surface area contributed by atoms with Gasteiger partial charge in [-0.05, 0) is 25.6 Å². The van der Waals surface area contributed by atoms with Gasteiger partial charge in [0.05, 0.1) is 24.7 Å². The number of carbonyl (C=O) groups is 1. The number of methoxy groups -OCH3 is 2. The molecule has 2 aromatic heterocycles. The molecule has 6 N–H and O–H groups in total. The van der Waals surface area contributed by atoms with Gasteiger partial charge in [-0.15, -0.1) is 0 Å². The molecule has 1 aliphatic heterocycles. The number of carbonyl (C=O) groups excluding carboxylic acids is 1. The molecule has 4 rings (SSSR count). The summed E-state index contributed by atoms with van der Waals surface area (Å²) in [5.74, 6) is -2.17. The van der Waals surface area contributed by atoms with Crippen LogP contribution in [0.3, 0.4) is 0 Å². The number of benzene rings is 1. The molecule has 1 aliphatic rings. The molecule has 0 spiro atoms. The summed E-state index contributed by atoms with van der Waals surface area (Å²) in [6, 6.07) is 5.82. The number of likely N-dealkylation sites (N-methyl/N-ethyl adjacent to an activating group) is 1. The van der Waals surface area contributed by atoms with Gasteiger partial charge in [-0.25, -0.2) is 4.98 Å². The number of fused-ring (bicyclic) bond motifs is 1. The number of nitrogens with two attached hydrogens (primary N) is 2. The van der Waals surface area contributed by atoms with Crippen LogP contribution in [0.1, 0.15) is 24.2 Å². The van der Waals surface area contributed by atoms with Crippen molar-refractivity contribution in [2.75, 3.05) is 62.9 Å². The summed E-state index contributed by atoms with van der Waals surface area (Å²) in [5, 5.41) is 13.7. The second kappa shape index (κ2) is 10.8. The minimum atomic E-state index is -1.68. The van der Waals surface area contributed by atoms with E-state index in [1.54, 1.807) is 7.11 Å². The Hall–Kier alpha value is -3.94. The zero-order chi connectivity index (χ0) is 27.6. The van der Waals surface area contributed by atoms with Crippen molar-refractivity contribution in [2.24, 2.45) is 5.73 Å². The first-order valence-electron chi connectivity index (χ1n) is 12.3. The number of aromatic nitrogens is 3. The van der Waals surface area contributed by atoms with Crippen LogP contribution < -0.4 is 31.8 Å². The number of hydrogen-bond acceptors (Lipinski definition) is 11. The van der Waals surface area contributed by atoms with Gasteiger partial charge in [-0.1, -0.05) is 6.92 Å². The molecule has 0 radical (unpaired) electrons. The standard InChI is InChI=1S/C25H34N8O5/c1-5-31-8-10-32(11-9-31)15-6-7-17(18(12-15)37-3)29-24-28-13-16-20(34)19(22(27)35)21(26)33(23(16)30-24)14-25(2,36)38-4/h6-7,12-13,36H,5,8-11,14,26H2,1-4H3,(H2,27,35)(H,28,29,30). The van der Waals surface area contributed by atoms with Gasteiger partial charge in [0.1, 0.15) is 17.1 Å². The highest BCUT2D eigenvalue weighted by atomic mass is 16.6. The summed E-state index contributed by atoms with van der Waals surface area (Å²) in [5.41, 5.74) is 12.2. The van der Waals surface area contributed by atoms with Crippen LogP contribution in [-0.4, -0.2) is 83.2 Å². The van der Waals surface area contributed by atoms with E-state index in [1.807, 2.05) is 18.2 Å². The van der Waals surface area contributed by atoms with E-state index >= 15 is 0 Å². The molecule has 38 heavy (non-hydrogen) atoms. The van der Waals surface area contributed by atoms with E-state index in [2.05, 4.69) is 32.0 Å². The van der Waals surface area contributed by atoms with Gasteiger partial charge in [0.2, 0.25) is 11.4 Å². The smallest absolute Gasteiger partial charge is 0.256 e. The Morgan fingerprint density at radius 3 is 2.55 bits per heavy atom. The number of nitrogens with zero attached hydrogens (tertiary/aromatic N) is 5. The fourth-order valence-corrected chi connectivity index (χ4v) is 4.48. The number of hydrogen-bond donors (Lipinski definition) is 4. The second-order valence-corrected chi connectivity index (χ2v) is 9.28. The number of pyridine rings is 1. The molecule has 1 atom stereocenters. The third kappa shape index (κ3) is 5.35. The number of anilines is 4. The van der Waals surface area contributed by atoms with Crippen molar-refractivity contribution in [3.05, 3.63) is 40.2 Å². The SMILES string of the molecule is CCN1CCN(c2ccc(Nc3ncc4c(=O)c(C(N)=O)c(N)n(CC(C)(O)OC)c4n3)c(OC)c2)CC1. The predicted octanol–water partition coefficient (Wildman–Crippen LogP) is 0.722. The lowest BCUT2D eigenvalue weighted by molar-refractivity contribution is -0.179. The predicted molar refractivity (Wildman–Crippen MR) is 145 cm³/mol. The second-order valence-electron chi connectivity index (χ2n) is 9.28. The van der Waals surface area contributed by atoms with Crippen molar-refractivity contribution in [1.82, 2.24) is 19.4 Å². The van der Waals surface area contributed by atoms with E-state index in [9.17, 15) is 14.7 Å². The quantitative estimate of drug-likeness (QED) is 0.289. The summed E-state index contributed by atoms with van der Waals surface area (Å²) >= 11 is 0. The van der Waals surface area contributed by atoms with Crippen LogP contribution in [0.2, 0.25) is 0 Å². The first kappa shape index (κ1) is 27.1. The molecule has 13 nitrogen and oxygen atoms in total. The molecule has 204 valence electrons. The van der Waals surface area contributed by atoms with Gasteiger partial charge in [0, 0.05) is 51.2 Å². The Kier molecular flexibility index (Phi) is 7.71. The largest absolute Gasteiger partial charge is 0.494 e. The fraction of sp³-hybridized carbons (Fsp3) is 0.440. The monoisotopic (exact) mass is 526 g/mol. The third-order valence-corrected chi connectivity index (χ3v) is 6.80. The Balaban J connectivity index is 1.72. The lowest BCUT2D eigenvalue weighted by Crippen LogP contribution is -2.46. The molecule has 1 amide bonds. The Labute approximate surface area is 220 Å². The number of nitrogens with one attached hydrogen (secondary N) is 1.